The van der Waals surface area contributed by atoms with Crippen molar-refractivity contribution in [2.75, 3.05) is 0 Å². The number of amides is 1. The number of rotatable bonds is 3. The molecule has 0 fully saturated rings. The second-order valence-electron chi connectivity index (χ2n) is 5.06. The van der Waals surface area contributed by atoms with Gasteiger partial charge in [-0.25, -0.2) is 0 Å². The van der Waals surface area contributed by atoms with Gasteiger partial charge in [0.1, 0.15) is 5.58 Å². The van der Waals surface area contributed by atoms with Gasteiger partial charge in [-0.2, -0.15) is 0 Å². The van der Waals surface area contributed by atoms with Gasteiger partial charge in [-0.05, 0) is 25.8 Å². The van der Waals surface area contributed by atoms with Gasteiger partial charge in [-0.1, -0.05) is 32.0 Å². The van der Waals surface area contributed by atoms with Crippen molar-refractivity contribution in [2.45, 2.75) is 33.7 Å². The van der Waals surface area contributed by atoms with Crippen LogP contribution in [-0.2, 0) is 0 Å². The van der Waals surface area contributed by atoms with Crippen molar-refractivity contribution < 1.29 is 9.21 Å². The van der Waals surface area contributed by atoms with E-state index in [1.54, 1.807) is 0 Å². The minimum atomic E-state index is -0.134. The Morgan fingerprint density at radius 2 is 1.89 bits per heavy atom. The monoisotopic (exact) mass is 245 g/mol. The van der Waals surface area contributed by atoms with Crippen LogP contribution in [0.2, 0.25) is 0 Å². The van der Waals surface area contributed by atoms with Crippen LogP contribution in [0.15, 0.2) is 28.7 Å². The van der Waals surface area contributed by atoms with Crippen LogP contribution in [-0.4, -0.2) is 11.9 Å². The molecule has 18 heavy (non-hydrogen) atoms. The highest BCUT2D eigenvalue weighted by Gasteiger charge is 2.19. The van der Waals surface area contributed by atoms with Crippen LogP contribution in [0.25, 0.3) is 11.0 Å². The quantitative estimate of drug-likeness (QED) is 0.899. The second kappa shape index (κ2) is 4.84. The van der Waals surface area contributed by atoms with E-state index in [1.807, 2.05) is 38.1 Å². The van der Waals surface area contributed by atoms with Gasteiger partial charge < -0.3 is 9.73 Å². The van der Waals surface area contributed by atoms with Gasteiger partial charge in [0.25, 0.3) is 5.91 Å². The predicted molar refractivity (Wildman–Crippen MR) is 72.7 cm³/mol. The zero-order valence-electron chi connectivity index (χ0n) is 11.3. The molecule has 0 bridgehead atoms. The van der Waals surface area contributed by atoms with Gasteiger partial charge in [0.2, 0.25) is 0 Å². The number of furan rings is 1. The van der Waals surface area contributed by atoms with Crippen LogP contribution < -0.4 is 5.32 Å². The van der Waals surface area contributed by atoms with E-state index in [2.05, 4.69) is 19.2 Å². The molecule has 96 valence electrons. The molecule has 0 aliphatic carbocycles. The Bertz CT molecular complexity index is 569. The van der Waals surface area contributed by atoms with Crippen LogP contribution in [0.5, 0.6) is 0 Å². The van der Waals surface area contributed by atoms with E-state index in [9.17, 15) is 4.79 Å². The highest BCUT2D eigenvalue weighted by molar-refractivity contribution is 5.98. The molecule has 1 aromatic heterocycles. The number of nitrogens with one attached hydrogen (secondary N) is 1. The fourth-order valence-electron chi connectivity index (χ4n) is 1.83. The molecule has 1 unspecified atom stereocenters. The lowest BCUT2D eigenvalue weighted by Crippen LogP contribution is -2.36. The molecule has 0 aliphatic rings. The summed E-state index contributed by atoms with van der Waals surface area (Å²) in [5.41, 5.74) is 1.66. The van der Waals surface area contributed by atoms with E-state index in [0.29, 0.717) is 11.7 Å². The summed E-state index contributed by atoms with van der Waals surface area (Å²) < 4.78 is 5.63. The fraction of sp³-hybridized carbons (Fsp3) is 0.400. The summed E-state index contributed by atoms with van der Waals surface area (Å²) in [4.78, 5) is 12.1. The minimum absolute atomic E-state index is 0.130. The van der Waals surface area contributed by atoms with Crippen LogP contribution >= 0.6 is 0 Å². The number of benzene rings is 1. The third-order valence-corrected chi connectivity index (χ3v) is 3.41. The van der Waals surface area contributed by atoms with Crippen molar-refractivity contribution in [1.29, 1.82) is 0 Å². The number of para-hydroxylation sites is 1. The summed E-state index contributed by atoms with van der Waals surface area (Å²) in [5.74, 6) is 0.687. The van der Waals surface area contributed by atoms with Crippen molar-refractivity contribution in [3.05, 3.63) is 35.6 Å². The Morgan fingerprint density at radius 1 is 1.22 bits per heavy atom. The standard InChI is InChI=1S/C15H19NO2/c1-9(2)11(4)16-15(17)14-10(3)12-7-5-6-8-13(12)18-14/h5-9,11H,1-4H3,(H,16,17). The van der Waals surface area contributed by atoms with Crippen LogP contribution in [0.3, 0.4) is 0 Å². The summed E-state index contributed by atoms with van der Waals surface area (Å²) in [6, 6.07) is 7.83. The number of carbonyl (C=O) groups is 1. The van der Waals surface area contributed by atoms with Gasteiger partial charge in [-0.3, -0.25) is 4.79 Å². The number of hydrogen-bond donors (Lipinski definition) is 1. The lowest BCUT2D eigenvalue weighted by atomic mass is 10.1. The van der Waals surface area contributed by atoms with Crippen LogP contribution in [0.1, 0.15) is 36.9 Å². The molecule has 0 saturated carbocycles. The van der Waals surface area contributed by atoms with Gasteiger partial charge in [0.05, 0.1) is 0 Å². The lowest BCUT2D eigenvalue weighted by Gasteiger charge is -2.16. The third kappa shape index (κ3) is 2.26. The first-order valence-corrected chi connectivity index (χ1v) is 6.29. The van der Waals surface area contributed by atoms with Gasteiger partial charge in [0.15, 0.2) is 5.76 Å². The maximum Gasteiger partial charge on any atom is 0.287 e. The van der Waals surface area contributed by atoms with Crippen molar-refractivity contribution in [3.8, 4) is 0 Å². The highest BCUT2D eigenvalue weighted by Crippen LogP contribution is 2.24. The Labute approximate surface area is 107 Å². The summed E-state index contributed by atoms with van der Waals surface area (Å²) >= 11 is 0. The second-order valence-corrected chi connectivity index (χ2v) is 5.06. The number of carbonyl (C=O) groups excluding carboxylic acids is 1. The molecule has 3 nitrogen and oxygen atoms in total. The SMILES string of the molecule is Cc1c(C(=O)NC(C)C(C)C)oc2ccccc12. The van der Waals surface area contributed by atoms with Crippen molar-refractivity contribution in [1.82, 2.24) is 5.32 Å². The van der Waals surface area contributed by atoms with E-state index in [-0.39, 0.29) is 11.9 Å². The average molecular weight is 245 g/mol. The Kier molecular flexibility index (Phi) is 3.41. The average Bonchev–Trinajstić information content (AvgIpc) is 2.67. The number of aryl methyl sites for hydroxylation is 1. The maximum atomic E-state index is 12.1. The fourth-order valence-corrected chi connectivity index (χ4v) is 1.83. The zero-order chi connectivity index (χ0) is 13.3. The summed E-state index contributed by atoms with van der Waals surface area (Å²) in [6.07, 6.45) is 0. The topological polar surface area (TPSA) is 42.2 Å². The molecule has 2 aromatic rings. The lowest BCUT2D eigenvalue weighted by molar-refractivity contribution is 0.0903. The molecule has 3 heteroatoms. The molecule has 1 atom stereocenters. The molecule has 1 aromatic carbocycles. The number of fused-ring (bicyclic) bond motifs is 1. The molecule has 1 amide bonds. The van der Waals surface area contributed by atoms with Gasteiger partial charge in [0, 0.05) is 17.0 Å². The molecular weight excluding hydrogens is 226 g/mol. The minimum Gasteiger partial charge on any atom is -0.451 e. The highest BCUT2D eigenvalue weighted by atomic mass is 16.3. The van der Waals surface area contributed by atoms with E-state index in [1.165, 1.54) is 0 Å². The third-order valence-electron chi connectivity index (χ3n) is 3.41. The normalized spacial score (nSPS) is 12.9. The first kappa shape index (κ1) is 12.7. The smallest absolute Gasteiger partial charge is 0.287 e. The molecule has 1 N–H and O–H groups in total. The van der Waals surface area contributed by atoms with E-state index < -0.39 is 0 Å². The van der Waals surface area contributed by atoms with Crippen molar-refractivity contribution in [2.24, 2.45) is 5.92 Å². The van der Waals surface area contributed by atoms with E-state index in [0.717, 1.165) is 16.5 Å². The van der Waals surface area contributed by atoms with Crippen LogP contribution in [0.4, 0.5) is 0 Å². The molecule has 0 spiro atoms. The van der Waals surface area contributed by atoms with Crippen molar-refractivity contribution >= 4 is 16.9 Å². The largest absolute Gasteiger partial charge is 0.451 e. The number of hydrogen-bond acceptors (Lipinski definition) is 2. The van der Waals surface area contributed by atoms with Gasteiger partial charge in [-0.15, -0.1) is 0 Å². The van der Waals surface area contributed by atoms with Crippen LogP contribution in [0, 0.1) is 12.8 Å². The summed E-state index contributed by atoms with van der Waals surface area (Å²) in [7, 11) is 0. The first-order valence-electron chi connectivity index (χ1n) is 6.29. The Morgan fingerprint density at radius 3 is 2.50 bits per heavy atom. The molecular formula is C15H19NO2. The molecule has 0 saturated heterocycles. The molecule has 1 heterocycles. The maximum absolute atomic E-state index is 12.1. The summed E-state index contributed by atoms with van der Waals surface area (Å²) in [6.45, 7) is 8.08. The van der Waals surface area contributed by atoms with Gasteiger partial charge >= 0.3 is 0 Å². The zero-order valence-corrected chi connectivity index (χ0v) is 11.3. The Hall–Kier alpha value is -1.77. The van der Waals surface area contributed by atoms with E-state index in [4.69, 9.17) is 4.42 Å². The Balaban J connectivity index is 2.31. The summed E-state index contributed by atoms with van der Waals surface area (Å²) in [5, 5.41) is 3.96. The molecule has 2 rings (SSSR count). The molecule has 0 aliphatic heterocycles. The molecule has 0 radical (unpaired) electrons. The van der Waals surface area contributed by atoms with Crippen molar-refractivity contribution in [3.63, 3.8) is 0 Å². The first-order chi connectivity index (χ1) is 8.50. The van der Waals surface area contributed by atoms with E-state index >= 15 is 0 Å². The predicted octanol–water partition coefficient (Wildman–Crippen LogP) is 3.52.